The zero-order valence-electron chi connectivity index (χ0n) is 18.1. The van der Waals surface area contributed by atoms with Gasteiger partial charge in [-0.15, -0.1) is 0 Å². The van der Waals surface area contributed by atoms with Crippen molar-refractivity contribution in [3.05, 3.63) is 58.9 Å². The first-order valence-electron chi connectivity index (χ1n) is 11.3. The van der Waals surface area contributed by atoms with Gasteiger partial charge in [-0.05, 0) is 62.2 Å². The van der Waals surface area contributed by atoms with Crippen molar-refractivity contribution < 1.29 is 9.13 Å². The van der Waals surface area contributed by atoms with Crippen LogP contribution in [0.3, 0.4) is 0 Å². The number of nitrogens with one attached hydrogen (secondary N) is 2. The summed E-state index contributed by atoms with van der Waals surface area (Å²) in [5, 5.41) is 7.15. The average molecular weight is 401 g/mol. The molecule has 0 spiro atoms. The lowest BCUT2D eigenvalue weighted by Gasteiger charge is -2.40. The molecule has 4 heteroatoms. The van der Waals surface area contributed by atoms with Crippen LogP contribution >= 0.6 is 0 Å². The van der Waals surface area contributed by atoms with E-state index in [1.807, 2.05) is 6.08 Å². The van der Waals surface area contributed by atoms with E-state index in [2.05, 4.69) is 54.8 Å². The Labute approximate surface area is 175 Å². The highest BCUT2D eigenvalue weighted by atomic mass is 19.1. The van der Waals surface area contributed by atoms with Gasteiger partial charge in [0, 0.05) is 31.8 Å². The summed E-state index contributed by atoms with van der Waals surface area (Å²) in [5.74, 6) is 0.705. The van der Waals surface area contributed by atoms with E-state index < -0.39 is 0 Å². The second-order valence-electron chi connectivity index (χ2n) is 8.58. The summed E-state index contributed by atoms with van der Waals surface area (Å²) in [7, 11) is 0. The number of hydrogen-bond acceptors (Lipinski definition) is 3. The third-order valence-electron chi connectivity index (χ3n) is 6.24. The fraction of sp³-hybridized carbons (Fsp3) is 0.600. The summed E-state index contributed by atoms with van der Waals surface area (Å²) in [4.78, 5) is 0. The van der Waals surface area contributed by atoms with Crippen molar-refractivity contribution in [2.75, 3.05) is 26.3 Å². The van der Waals surface area contributed by atoms with Gasteiger partial charge in [0.25, 0.3) is 0 Å². The molecule has 0 amide bonds. The molecule has 1 atom stereocenters. The maximum Gasteiger partial charge on any atom is 0.105 e. The van der Waals surface area contributed by atoms with Crippen LogP contribution < -0.4 is 10.6 Å². The summed E-state index contributed by atoms with van der Waals surface area (Å²) in [5.41, 5.74) is 3.19. The topological polar surface area (TPSA) is 33.3 Å². The molecule has 0 saturated carbocycles. The highest BCUT2D eigenvalue weighted by molar-refractivity contribution is 5.37. The number of ether oxygens (including phenoxy) is 1. The smallest absolute Gasteiger partial charge is 0.105 e. The van der Waals surface area contributed by atoms with Crippen molar-refractivity contribution in [2.24, 2.45) is 5.92 Å². The summed E-state index contributed by atoms with van der Waals surface area (Å²) in [6, 6.07) is 8.86. The van der Waals surface area contributed by atoms with Crippen molar-refractivity contribution >= 4 is 0 Å². The van der Waals surface area contributed by atoms with Crippen LogP contribution in [0.15, 0.2) is 47.8 Å². The Morgan fingerprint density at radius 3 is 2.76 bits per heavy atom. The van der Waals surface area contributed by atoms with Gasteiger partial charge in [0.1, 0.15) is 5.83 Å². The van der Waals surface area contributed by atoms with Crippen LogP contribution in [0, 0.1) is 5.92 Å². The fourth-order valence-corrected chi connectivity index (χ4v) is 4.48. The van der Waals surface area contributed by atoms with Crippen LogP contribution in [-0.4, -0.2) is 31.8 Å². The Bertz CT molecular complexity index is 707. The van der Waals surface area contributed by atoms with E-state index in [-0.39, 0.29) is 11.4 Å². The second kappa shape index (κ2) is 11.1. The molecular formula is C25H37FN2O. The van der Waals surface area contributed by atoms with Gasteiger partial charge in [-0.25, -0.2) is 4.39 Å². The maximum atomic E-state index is 14.7. The van der Waals surface area contributed by atoms with Crippen molar-refractivity contribution in [3.63, 3.8) is 0 Å². The van der Waals surface area contributed by atoms with E-state index in [0.717, 1.165) is 50.9 Å². The van der Waals surface area contributed by atoms with Crippen LogP contribution in [-0.2, 0) is 17.7 Å². The summed E-state index contributed by atoms with van der Waals surface area (Å²) in [6.07, 6.45) is 9.36. The van der Waals surface area contributed by atoms with Gasteiger partial charge in [0.2, 0.25) is 0 Å². The third-order valence-corrected chi connectivity index (χ3v) is 6.24. The molecule has 3 nitrogen and oxygen atoms in total. The Kier molecular flexibility index (Phi) is 8.46. The Morgan fingerprint density at radius 1 is 1.21 bits per heavy atom. The Morgan fingerprint density at radius 2 is 2.00 bits per heavy atom. The van der Waals surface area contributed by atoms with Gasteiger partial charge in [-0.3, -0.25) is 0 Å². The Balaban J connectivity index is 1.65. The predicted octanol–water partition coefficient (Wildman–Crippen LogP) is 5.08. The van der Waals surface area contributed by atoms with Crippen molar-refractivity contribution in [3.8, 4) is 0 Å². The van der Waals surface area contributed by atoms with Crippen molar-refractivity contribution in [2.45, 2.75) is 64.5 Å². The van der Waals surface area contributed by atoms with Gasteiger partial charge in [-0.1, -0.05) is 50.3 Å². The zero-order chi connectivity index (χ0) is 20.5. The summed E-state index contributed by atoms with van der Waals surface area (Å²) >= 11 is 0. The molecule has 0 radical (unpaired) electrons. The number of hydrogen-bond donors (Lipinski definition) is 2. The lowest BCUT2D eigenvalue weighted by molar-refractivity contribution is 0.0509. The van der Waals surface area contributed by atoms with Gasteiger partial charge in [0.15, 0.2) is 0 Å². The normalized spacial score (nSPS) is 20.1. The molecule has 0 bridgehead atoms. The molecular weight excluding hydrogens is 363 g/mol. The third kappa shape index (κ3) is 6.24. The van der Waals surface area contributed by atoms with Gasteiger partial charge in [0.05, 0.1) is 5.54 Å². The molecule has 1 aromatic carbocycles. The molecule has 1 fully saturated rings. The molecule has 1 saturated heterocycles. The minimum atomic E-state index is -0.311. The predicted molar refractivity (Wildman–Crippen MR) is 119 cm³/mol. The van der Waals surface area contributed by atoms with Crippen molar-refractivity contribution in [1.29, 1.82) is 0 Å². The zero-order valence-corrected chi connectivity index (χ0v) is 18.1. The molecule has 1 aromatic rings. The number of rotatable bonds is 10. The largest absolute Gasteiger partial charge is 0.381 e. The molecule has 29 heavy (non-hydrogen) atoms. The van der Waals surface area contributed by atoms with Crippen LogP contribution in [0.5, 0.6) is 0 Å². The number of allylic oxidation sites excluding steroid dienone is 2. The first kappa shape index (κ1) is 22.2. The monoisotopic (exact) mass is 400 g/mol. The molecule has 0 aromatic heterocycles. The minimum absolute atomic E-state index is 0.0464. The molecule has 160 valence electrons. The van der Waals surface area contributed by atoms with Gasteiger partial charge in [-0.2, -0.15) is 0 Å². The standard InChI is InChI=1S/C25H37FN2O/c1-3-27-14-11-20(2)17-21-7-6-8-22(18-21)19-28-25(12-15-29-16-13-25)23-9-4-5-10-24(23)26/h4,6-9,18,20,27-28H,3,5,10-17,19H2,1-2H3. The maximum absolute atomic E-state index is 14.7. The lowest BCUT2D eigenvalue weighted by Crippen LogP contribution is -2.50. The van der Waals surface area contributed by atoms with E-state index >= 15 is 0 Å². The second-order valence-corrected chi connectivity index (χ2v) is 8.58. The van der Waals surface area contributed by atoms with E-state index in [1.54, 1.807) is 0 Å². The quantitative estimate of drug-likeness (QED) is 0.538. The first-order valence-corrected chi connectivity index (χ1v) is 11.3. The highest BCUT2D eigenvalue weighted by Gasteiger charge is 2.37. The highest BCUT2D eigenvalue weighted by Crippen LogP contribution is 2.36. The lowest BCUT2D eigenvalue weighted by atomic mass is 9.79. The molecule has 2 N–H and O–H groups in total. The number of halogens is 1. The van der Waals surface area contributed by atoms with E-state index in [4.69, 9.17) is 4.74 Å². The average Bonchev–Trinajstić information content (AvgIpc) is 2.74. The Hall–Kier alpha value is -1.49. The summed E-state index contributed by atoms with van der Waals surface area (Å²) in [6.45, 7) is 8.71. The molecule has 3 rings (SSSR count). The van der Waals surface area contributed by atoms with Gasteiger partial charge >= 0.3 is 0 Å². The van der Waals surface area contributed by atoms with Crippen LogP contribution in [0.1, 0.15) is 57.1 Å². The van der Waals surface area contributed by atoms with E-state index in [1.165, 1.54) is 17.5 Å². The van der Waals surface area contributed by atoms with E-state index in [0.29, 0.717) is 25.6 Å². The molecule has 1 unspecified atom stereocenters. The minimum Gasteiger partial charge on any atom is -0.381 e. The SMILES string of the molecule is CCNCCC(C)Cc1cccc(CNC2(C3=C(F)CCC=C3)CCOCC2)c1. The van der Waals surface area contributed by atoms with Gasteiger partial charge < -0.3 is 15.4 Å². The molecule has 1 aliphatic heterocycles. The summed E-state index contributed by atoms with van der Waals surface area (Å²) < 4.78 is 20.3. The fourth-order valence-electron chi connectivity index (χ4n) is 4.48. The van der Waals surface area contributed by atoms with Crippen molar-refractivity contribution in [1.82, 2.24) is 10.6 Å². The molecule has 2 aliphatic rings. The number of benzene rings is 1. The molecule has 1 heterocycles. The van der Waals surface area contributed by atoms with E-state index in [9.17, 15) is 4.39 Å². The molecule has 1 aliphatic carbocycles. The van der Waals surface area contributed by atoms with Crippen LogP contribution in [0.25, 0.3) is 0 Å². The van der Waals surface area contributed by atoms with Crippen LogP contribution in [0.4, 0.5) is 4.39 Å². The first-order chi connectivity index (χ1) is 14.1. The van der Waals surface area contributed by atoms with Crippen LogP contribution in [0.2, 0.25) is 0 Å².